The third-order valence-corrected chi connectivity index (χ3v) is 3.28. The van der Waals surface area contributed by atoms with Gasteiger partial charge in [0.2, 0.25) is 0 Å². The maximum absolute atomic E-state index is 12.2. The molecule has 2 fully saturated rings. The quantitative estimate of drug-likeness (QED) is 0.707. The Kier molecular flexibility index (Phi) is 2.47. The van der Waals surface area contributed by atoms with Crippen LogP contribution in [0.3, 0.4) is 0 Å². The van der Waals surface area contributed by atoms with E-state index in [1.54, 1.807) is 4.90 Å². The molecule has 0 aliphatic carbocycles. The molecule has 82 valence electrons. The number of nitrogens with zero attached hydrogens (tertiary/aromatic N) is 1. The molecule has 0 aromatic heterocycles. The SMILES string of the molecule is NC1C[C@H]2CC[C@@H](C1)N2CC(F)(F)F. The van der Waals surface area contributed by atoms with Gasteiger partial charge in [0, 0.05) is 18.1 Å². The zero-order valence-electron chi connectivity index (χ0n) is 7.93. The van der Waals surface area contributed by atoms with Crippen LogP contribution >= 0.6 is 0 Å². The van der Waals surface area contributed by atoms with Gasteiger partial charge < -0.3 is 5.73 Å². The number of rotatable bonds is 1. The molecule has 3 atom stereocenters. The van der Waals surface area contributed by atoms with Crippen LogP contribution in [0.5, 0.6) is 0 Å². The van der Waals surface area contributed by atoms with Crippen molar-refractivity contribution >= 4 is 0 Å². The zero-order valence-corrected chi connectivity index (χ0v) is 7.93. The summed E-state index contributed by atoms with van der Waals surface area (Å²) < 4.78 is 36.7. The van der Waals surface area contributed by atoms with Gasteiger partial charge in [0.05, 0.1) is 6.54 Å². The van der Waals surface area contributed by atoms with Crippen LogP contribution in [0.2, 0.25) is 0 Å². The molecule has 0 aromatic carbocycles. The van der Waals surface area contributed by atoms with Crippen molar-refractivity contribution in [2.45, 2.75) is 50.0 Å². The number of piperidine rings is 1. The van der Waals surface area contributed by atoms with Gasteiger partial charge in [0.1, 0.15) is 0 Å². The van der Waals surface area contributed by atoms with Crippen LogP contribution in [-0.2, 0) is 0 Å². The zero-order chi connectivity index (χ0) is 10.3. The lowest BCUT2D eigenvalue weighted by Gasteiger charge is -2.37. The van der Waals surface area contributed by atoms with Gasteiger partial charge in [-0.15, -0.1) is 0 Å². The Morgan fingerprint density at radius 3 is 2.07 bits per heavy atom. The topological polar surface area (TPSA) is 29.3 Å². The molecule has 0 radical (unpaired) electrons. The second-order valence-corrected chi connectivity index (χ2v) is 4.40. The van der Waals surface area contributed by atoms with E-state index in [2.05, 4.69) is 0 Å². The van der Waals surface area contributed by atoms with E-state index in [0.717, 1.165) is 25.7 Å². The normalized spacial score (nSPS) is 39.0. The summed E-state index contributed by atoms with van der Waals surface area (Å²) in [6.45, 7) is -0.755. The molecule has 0 spiro atoms. The van der Waals surface area contributed by atoms with E-state index < -0.39 is 12.7 Å². The van der Waals surface area contributed by atoms with Crippen molar-refractivity contribution in [1.82, 2.24) is 4.90 Å². The van der Waals surface area contributed by atoms with Crippen molar-refractivity contribution < 1.29 is 13.2 Å². The number of hydrogen-bond donors (Lipinski definition) is 1. The molecule has 2 heterocycles. The van der Waals surface area contributed by atoms with E-state index in [4.69, 9.17) is 5.73 Å². The second-order valence-electron chi connectivity index (χ2n) is 4.40. The van der Waals surface area contributed by atoms with Crippen molar-refractivity contribution in [2.75, 3.05) is 6.54 Å². The molecule has 1 unspecified atom stereocenters. The number of halogens is 3. The third kappa shape index (κ3) is 2.03. The molecule has 2 aliphatic heterocycles. The molecular weight excluding hydrogens is 193 g/mol. The van der Waals surface area contributed by atoms with Crippen LogP contribution in [0.25, 0.3) is 0 Å². The van der Waals surface area contributed by atoms with Gasteiger partial charge in [0.25, 0.3) is 0 Å². The van der Waals surface area contributed by atoms with Crippen LogP contribution in [0.15, 0.2) is 0 Å². The van der Waals surface area contributed by atoms with Crippen molar-refractivity contribution in [3.63, 3.8) is 0 Å². The molecule has 2 bridgehead atoms. The number of hydrogen-bond acceptors (Lipinski definition) is 2. The van der Waals surface area contributed by atoms with Crippen molar-refractivity contribution in [3.05, 3.63) is 0 Å². The Morgan fingerprint density at radius 2 is 1.64 bits per heavy atom. The van der Waals surface area contributed by atoms with Gasteiger partial charge in [-0.25, -0.2) is 0 Å². The lowest BCUT2D eigenvalue weighted by Crippen LogP contribution is -2.50. The van der Waals surface area contributed by atoms with Crippen molar-refractivity contribution in [3.8, 4) is 0 Å². The first-order chi connectivity index (χ1) is 6.46. The van der Waals surface area contributed by atoms with Gasteiger partial charge in [-0.1, -0.05) is 0 Å². The summed E-state index contributed by atoms with van der Waals surface area (Å²) in [4.78, 5) is 1.60. The Bertz CT molecular complexity index is 203. The highest BCUT2D eigenvalue weighted by atomic mass is 19.4. The summed E-state index contributed by atoms with van der Waals surface area (Å²) >= 11 is 0. The Hall–Kier alpha value is -0.290. The Morgan fingerprint density at radius 1 is 1.14 bits per heavy atom. The molecule has 0 saturated carbocycles. The average molecular weight is 208 g/mol. The number of nitrogens with two attached hydrogens (primary N) is 1. The fourth-order valence-corrected chi connectivity index (χ4v) is 2.78. The van der Waals surface area contributed by atoms with Crippen molar-refractivity contribution in [1.29, 1.82) is 0 Å². The van der Waals surface area contributed by atoms with E-state index in [-0.39, 0.29) is 18.1 Å². The molecule has 2 N–H and O–H groups in total. The third-order valence-electron chi connectivity index (χ3n) is 3.28. The highest BCUT2D eigenvalue weighted by molar-refractivity contribution is 4.97. The van der Waals surface area contributed by atoms with E-state index >= 15 is 0 Å². The van der Waals surface area contributed by atoms with E-state index in [9.17, 15) is 13.2 Å². The highest BCUT2D eigenvalue weighted by Crippen LogP contribution is 2.36. The number of alkyl halides is 3. The standard InChI is InChI=1S/C9H15F3N2/c10-9(11,12)5-14-7-1-2-8(14)4-6(13)3-7/h6-8H,1-5,13H2/t6?,7-,8+. The first kappa shape index (κ1) is 10.2. The molecule has 0 aromatic rings. The van der Waals surface area contributed by atoms with Gasteiger partial charge in [0.15, 0.2) is 0 Å². The van der Waals surface area contributed by atoms with E-state index in [1.165, 1.54) is 0 Å². The van der Waals surface area contributed by atoms with Crippen LogP contribution in [0, 0.1) is 0 Å². The van der Waals surface area contributed by atoms with Gasteiger partial charge in [-0.05, 0) is 25.7 Å². The van der Waals surface area contributed by atoms with Gasteiger partial charge in [-0.3, -0.25) is 4.90 Å². The van der Waals surface area contributed by atoms with E-state index in [0.29, 0.717) is 0 Å². The summed E-state index contributed by atoms with van der Waals surface area (Å²) in [7, 11) is 0. The van der Waals surface area contributed by atoms with Crippen molar-refractivity contribution in [2.24, 2.45) is 5.73 Å². The molecule has 2 nitrogen and oxygen atoms in total. The summed E-state index contributed by atoms with van der Waals surface area (Å²) in [5.74, 6) is 0. The van der Waals surface area contributed by atoms with Crippen LogP contribution in [0.1, 0.15) is 25.7 Å². The highest BCUT2D eigenvalue weighted by Gasteiger charge is 2.44. The number of fused-ring (bicyclic) bond motifs is 2. The molecule has 14 heavy (non-hydrogen) atoms. The van der Waals surface area contributed by atoms with Crippen LogP contribution in [-0.4, -0.2) is 35.7 Å². The summed E-state index contributed by atoms with van der Waals surface area (Å²) in [6, 6.07) is 0.257. The maximum Gasteiger partial charge on any atom is 0.401 e. The molecule has 2 aliphatic rings. The van der Waals surface area contributed by atoms with Gasteiger partial charge >= 0.3 is 6.18 Å². The predicted molar refractivity (Wildman–Crippen MR) is 46.8 cm³/mol. The molecule has 2 rings (SSSR count). The van der Waals surface area contributed by atoms with Crippen LogP contribution in [0.4, 0.5) is 13.2 Å². The minimum Gasteiger partial charge on any atom is -0.328 e. The summed E-state index contributed by atoms with van der Waals surface area (Å²) in [5, 5.41) is 0. The minimum absolute atomic E-state index is 0.0744. The van der Waals surface area contributed by atoms with Crippen LogP contribution < -0.4 is 5.73 Å². The summed E-state index contributed by atoms with van der Waals surface area (Å²) in [5.41, 5.74) is 5.77. The minimum atomic E-state index is -4.07. The molecule has 5 heteroatoms. The Labute approximate surface area is 81.2 Å². The Balaban J connectivity index is 2.01. The fraction of sp³-hybridized carbons (Fsp3) is 1.00. The maximum atomic E-state index is 12.2. The predicted octanol–water partition coefficient (Wildman–Crippen LogP) is 1.50. The largest absolute Gasteiger partial charge is 0.401 e. The second kappa shape index (κ2) is 3.38. The van der Waals surface area contributed by atoms with E-state index in [1.807, 2.05) is 0 Å². The summed E-state index contributed by atoms with van der Waals surface area (Å²) in [6.07, 6.45) is -0.843. The average Bonchev–Trinajstić information content (AvgIpc) is 2.31. The smallest absolute Gasteiger partial charge is 0.328 e. The molecule has 2 saturated heterocycles. The lowest BCUT2D eigenvalue weighted by molar-refractivity contribution is -0.155. The monoisotopic (exact) mass is 208 g/mol. The first-order valence-corrected chi connectivity index (χ1v) is 5.04. The first-order valence-electron chi connectivity index (χ1n) is 5.04. The lowest BCUT2D eigenvalue weighted by atomic mass is 9.98. The molecule has 0 amide bonds. The molecular formula is C9H15F3N2. The fourth-order valence-electron chi connectivity index (χ4n) is 2.78. The van der Waals surface area contributed by atoms with Gasteiger partial charge in [-0.2, -0.15) is 13.2 Å².